The van der Waals surface area contributed by atoms with E-state index in [0.29, 0.717) is 0 Å². The van der Waals surface area contributed by atoms with Crippen molar-refractivity contribution in [1.29, 1.82) is 0 Å². The van der Waals surface area contributed by atoms with Gasteiger partial charge in [-0.15, -0.1) is 6.73 Å². The molecule has 0 aromatic carbocycles. The van der Waals surface area contributed by atoms with Crippen LogP contribution in [0.25, 0.3) is 0 Å². The Morgan fingerprint density at radius 3 is 2.82 bits per heavy atom. The number of ether oxygens (including phenoxy) is 2. The van der Waals surface area contributed by atoms with Crippen LogP contribution in [0.5, 0.6) is 0 Å². The molecule has 2 atom stereocenters. The number of hydrogen-bond donors (Lipinski definition) is 0. The maximum absolute atomic E-state index is 11.2. The standard InChI is InChI=1S/C7H12NO3/c1-5-7(9)8(4-11-5)6(2)10-3/h4-6H,1-3H3/q-1. The Morgan fingerprint density at radius 1 is 1.82 bits per heavy atom. The van der Waals surface area contributed by atoms with Gasteiger partial charge in [0, 0.05) is 7.11 Å². The van der Waals surface area contributed by atoms with Crippen molar-refractivity contribution in [1.82, 2.24) is 4.90 Å². The minimum absolute atomic E-state index is 0.0562. The van der Waals surface area contributed by atoms with Crippen molar-refractivity contribution in [2.45, 2.75) is 26.2 Å². The number of nitrogens with zero attached hydrogens (tertiary/aromatic N) is 1. The van der Waals surface area contributed by atoms with Crippen molar-refractivity contribution in [3.63, 3.8) is 0 Å². The van der Waals surface area contributed by atoms with E-state index in [1.54, 1.807) is 21.0 Å². The fraction of sp³-hybridized carbons (Fsp3) is 0.714. The first-order valence-corrected chi connectivity index (χ1v) is 3.50. The lowest BCUT2D eigenvalue weighted by Gasteiger charge is -2.29. The highest BCUT2D eigenvalue weighted by Gasteiger charge is 2.23. The van der Waals surface area contributed by atoms with Gasteiger partial charge in [0.05, 0.1) is 0 Å². The van der Waals surface area contributed by atoms with E-state index in [1.807, 2.05) is 0 Å². The van der Waals surface area contributed by atoms with Gasteiger partial charge in [-0.1, -0.05) is 0 Å². The second-order valence-corrected chi connectivity index (χ2v) is 2.46. The van der Waals surface area contributed by atoms with E-state index in [0.717, 1.165) is 0 Å². The first kappa shape index (κ1) is 8.49. The number of amides is 1. The molecule has 64 valence electrons. The van der Waals surface area contributed by atoms with E-state index >= 15 is 0 Å². The summed E-state index contributed by atoms with van der Waals surface area (Å²) in [6.45, 7) is 4.90. The summed E-state index contributed by atoms with van der Waals surface area (Å²) in [4.78, 5) is 12.6. The lowest BCUT2D eigenvalue weighted by atomic mass is 10.4. The molecule has 0 spiro atoms. The largest absolute Gasteiger partial charge is 0.522 e. The van der Waals surface area contributed by atoms with Gasteiger partial charge in [-0.05, 0) is 13.8 Å². The molecule has 0 radical (unpaired) electrons. The van der Waals surface area contributed by atoms with E-state index in [4.69, 9.17) is 9.47 Å². The van der Waals surface area contributed by atoms with Crippen LogP contribution in [0.2, 0.25) is 0 Å². The van der Waals surface area contributed by atoms with Crippen LogP contribution in [0.4, 0.5) is 0 Å². The van der Waals surface area contributed by atoms with Crippen LogP contribution in [0, 0.1) is 6.73 Å². The predicted octanol–water partition coefficient (Wildman–Crippen LogP) is 0.345. The lowest BCUT2D eigenvalue weighted by Crippen LogP contribution is -2.35. The van der Waals surface area contributed by atoms with Crippen LogP contribution >= 0.6 is 0 Å². The zero-order valence-corrected chi connectivity index (χ0v) is 6.90. The summed E-state index contributed by atoms with van der Waals surface area (Å²) in [5, 5.41) is 0. The van der Waals surface area contributed by atoms with E-state index < -0.39 is 0 Å². The van der Waals surface area contributed by atoms with Gasteiger partial charge in [0.15, 0.2) is 0 Å². The van der Waals surface area contributed by atoms with Crippen molar-refractivity contribution in [3.8, 4) is 0 Å². The molecule has 0 aromatic rings. The molecule has 0 aromatic heterocycles. The van der Waals surface area contributed by atoms with Gasteiger partial charge in [0.2, 0.25) is 5.91 Å². The molecule has 1 rings (SSSR count). The van der Waals surface area contributed by atoms with Crippen molar-refractivity contribution < 1.29 is 14.3 Å². The molecule has 1 fully saturated rings. The fourth-order valence-electron chi connectivity index (χ4n) is 0.855. The molecule has 1 aliphatic heterocycles. The molecular weight excluding hydrogens is 146 g/mol. The summed E-state index contributed by atoms with van der Waals surface area (Å²) in [6.07, 6.45) is -0.611. The highest BCUT2D eigenvalue weighted by atomic mass is 16.5. The van der Waals surface area contributed by atoms with Gasteiger partial charge < -0.3 is 14.4 Å². The topological polar surface area (TPSA) is 38.8 Å². The zero-order chi connectivity index (χ0) is 8.43. The Hall–Kier alpha value is -0.610. The van der Waals surface area contributed by atoms with E-state index in [1.165, 1.54) is 11.6 Å². The van der Waals surface area contributed by atoms with Crippen LogP contribution < -0.4 is 0 Å². The summed E-state index contributed by atoms with van der Waals surface area (Å²) < 4.78 is 9.92. The Labute approximate surface area is 66.1 Å². The van der Waals surface area contributed by atoms with Crippen molar-refractivity contribution in [2.75, 3.05) is 7.11 Å². The van der Waals surface area contributed by atoms with Crippen LogP contribution in [-0.2, 0) is 14.3 Å². The van der Waals surface area contributed by atoms with E-state index in [-0.39, 0.29) is 18.2 Å². The molecule has 4 nitrogen and oxygen atoms in total. The lowest BCUT2D eigenvalue weighted by molar-refractivity contribution is -0.136. The SMILES string of the molecule is COC(C)N1[CH-]OC(C)C1=O. The summed E-state index contributed by atoms with van der Waals surface area (Å²) in [5.41, 5.74) is 0. The first-order valence-electron chi connectivity index (χ1n) is 3.50. The molecule has 0 saturated carbocycles. The maximum atomic E-state index is 11.2. The molecule has 1 aliphatic rings. The highest BCUT2D eigenvalue weighted by molar-refractivity contribution is 5.82. The van der Waals surface area contributed by atoms with Crippen molar-refractivity contribution in [2.24, 2.45) is 0 Å². The Morgan fingerprint density at radius 2 is 2.45 bits per heavy atom. The van der Waals surface area contributed by atoms with Gasteiger partial charge in [0.1, 0.15) is 12.3 Å². The monoisotopic (exact) mass is 158 g/mol. The third kappa shape index (κ3) is 1.52. The van der Waals surface area contributed by atoms with Gasteiger partial charge in [-0.2, -0.15) is 0 Å². The third-order valence-electron chi connectivity index (χ3n) is 1.71. The number of carbonyl (C=O) groups excluding carboxylic acids is 1. The molecule has 0 bridgehead atoms. The second kappa shape index (κ2) is 3.19. The van der Waals surface area contributed by atoms with Gasteiger partial charge in [-0.25, -0.2) is 0 Å². The van der Waals surface area contributed by atoms with Crippen LogP contribution in [0.3, 0.4) is 0 Å². The molecule has 1 saturated heterocycles. The predicted molar refractivity (Wildman–Crippen MR) is 38.2 cm³/mol. The van der Waals surface area contributed by atoms with Gasteiger partial charge in [-0.3, -0.25) is 4.79 Å². The molecular formula is C7H12NO3-. The minimum atomic E-state index is -0.368. The Bertz CT molecular complexity index is 160. The van der Waals surface area contributed by atoms with Crippen LogP contribution in [-0.4, -0.2) is 30.2 Å². The smallest absolute Gasteiger partial charge is 0.223 e. The van der Waals surface area contributed by atoms with Gasteiger partial charge >= 0.3 is 0 Å². The van der Waals surface area contributed by atoms with Crippen LogP contribution in [0.15, 0.2) is 0 Å². The van der Waals surface area contributed by atoms with E-state index in [9.17, 15) is 4.79 Å². The normalized spacial score (nSPS) is 27.7. The highest BCUT2D eigenvalue weighted by Crippen LogP contribution is 2.16. The summed E-state index contributed by atoms with van der Waals surface area (Å²) in [5.74, 6) is -0.0562. The van der Waals surface area contributed by atoms with E-state index in [2.05, 4.69) is 0 Å². The van der Waals surface area contributed by atoms with Crippen molar-refractivity contribution >= 4 is 5.91 Å². The summed E-state index contributed by atoms with van der Waals surface area (Å²) in [6, 6.07) is 0. The molecule has 11 heavy (non-hydrogen) atoms. The average molecular weight is 158 g/mol. The fourth-order valence-corrected chi connectivity index (χ4v) is 0.855. The second-order valence-electron chi connectivity index (χ2n) is 2.46. The number of hydrogen-bond acceptors (Lipinski definition) is 3. The summed E-state index contributed by atoms with van der Waals surface area (Å²) >= 11 is 0. The molecule has 2 unspecified atom stereocenters. The first-order chi connectivity index (χ1) is 5.16. The molecule has 0 N–H and O–H groups in total. The summed E-state index contributed by atoms with van der Waals surface area (Å²) in [7, 11) is 1.55. The molecule has 4 heteroatoms. The Kier molecular flexibility index (Phi) is 2.46. The number of methoxy groups -OCH3 is 1. The van der Waals surface area contributed by atoms with Crippen LogP contribution in [0.1, 0.15) is 13.8 Å². The molecule has 0 aliphatic carbocycles. The maximum Gasteiger partial charge on any atom is 0.223 e. The van der Waals surface area contributed by atoms with Crippen molar-refractivity contribution in [3.05, 3.63) is 6.73 Å². The third-order valence-corrected chi connectivity index (χ3v) is 1.71. The van der Waals surface area contributed by atoms with Gasteiger partial charge in [0.25, 0.3) is 0 Å². The molecule has 1 amide bonds. The zero-order valence-electron chi connectivity index (χ0n) is 6.90. The Balaban J connectivity index is 2.54. The number of carbonyl (C=O) groups is 1. The quantitative estimate of drug-likeness (QED) is 0.544. The molecule has 1 heterocycles. The number of rotatable bonds is 2. The average Bonchev–Trinajstić information content (AvgIpc) is 2.32. The minimum Gasteiger partial charge on any atom is -0.522 e.